The normalized spacial score (nSPS) is 30.2. The molecule has 2 aromatic rings. The first-order chi connectivity index (χ1) is 16.8. The second-order valence-corrected chi connectivity index (χ2v) is 9.82. The van der Waals surface area contributed by atoms with Gasteiger partial charge in [-0.1, -0.05) is 31.2 Å². The number of ether oxygens (including phenoxy) is 2. The van der Waals surface area contributed by atoms with E-state index in [1.807, 2.05) is 38.1 Å². The summed E-state index contributed by atoms with van der Waals surface area (Å²) in [5, 5.41) is 21.3. The summed E-state index contributed by atoms with van der Waals surface area (Å²) in [6.45, 7) is 5.43. The summed E-state index contributed by atoms with van der Waals surface area (Å²) < 4.78 is 13.2. The van der Waals surface area contributed by atoms with E-state index in [1.165, 1.54) is 4.90 Å². The van der Waals surface area contributed by atoms with Crippen LogP contribution in [0.15, 0.2) is 24.3 Å². The third kappa shape index (κ3) is 3.51. The van der Waals surface area contributed by atoms with Crippen molar-refractivity contribution in [2.24, 2.45) is 17.8 Å². The van der Waals surface area contributed by atoms with Crippen molar-refractivity contribution in [3.05, 3.63) is 24.3 Å². The zero-order valence-corrected chi connectivity index (χ0v) is 20.1. The lowest BCUT2D eigenvalue weighted by Gasteiger charge is -2.38. The number of carbonyl (C=O) groups excluding carboxylic acids is 3. The van der Waals surface area contributed by atoms with Crippen LogP contribution in [0.4, 0.5) is 0 Å². The molecule has 188 valence electrons. The molecule has 6 atom stereocenters. The number of para-hydroxylation sites is 1. The van der Waals surface area contributed by atoms with E-state index in [1.54, 1.807) is 11.6 Å². The molecule has 1 aromatic heterocycles. The summed E-state index contributed by atoms with van der Waals surface area (Å²) in [6, 6.07) is 5.81. The highest BCUT2D eigenvalue weighted by molar-refractivity contribution is 5.98. The van der Waals surface area contributed by atoms with Crippen LogP contribution in [-0.4, -0.2) is 79.8 Å². The maximum Gasteiger partial charge on any atom is 0.312 e. The molecule has 2 unspecified atom stereocenters. The molecule has 2 bridgehead atoms. The van der Waals surface area contributed by atoms with Gasteiger partial charge in [-0.05, 0) is 37.8 Å². The summed E-state index contributed by atoms with van der Waals surface area (Å²) >= 11 is 0. The predicted octanol–water partition coefficient (Wildman–Crippen LogP) is 0.460. The van der Waals surface area contributed by atoms with Gasteiger partial charge in [0.25, 0.3) is 0 Å². The number of esters is 1. The van der Waals surface area contributed by atoms with Crippen molar-refractivity contribution in [1.82, 2.24) is 25.2 Å². The van der Waals surface area contributed by atoms with E-state index in [0.29, 0.717) is 18.4 Å². The van der Waals surface area contributed by atoms with Crippen molar-refractivity contribution >= 4 is 28.8 Å². The van der Waals surface area contributed by atoms with Crippen molar-refractivity contribution < 1.29 is 29.0 Å². The fourth-order valence-electron chi connectivity index (χ4n) is 6.16. The molecule has 0 saturated carbocycles. The van der Waals surface area contributed by atoms with Gasteiger partial charge in [-0.3, -0.25) is 14.4 Å². The van der Waals surface area contributed by atoms with Crippen molar-refractivity contribution in [3.8, 4) is 0 Å². The van der Waals surface area contributed by atoms with Gasteiger partial charge in [0.2, 0.25) is 11.8 Å². The third-order valence-corrected chi connectivity index (χ3v) is 7.68. The lowest BCUT2D eigenvalue weighted by atomic mass is 9.71. The number of nitrogens with zero attached hydrogens (tertiary/aromatic N) is 4. The Morgan fingerprint density at radius 1 is 1.34 bits per heavy atom. The van der Waals surface area contributed by atoms with Gasteiger partial charge in [-0.2, -0.15) is 0 Å². The monoisotopic (exact) mass is 485 g/mol. The molecule has 3 saturated heterocycles. The largest absolute Gasteiger partial charge is 0.466 e. The Morgan fingerprint density at radius 2 is 2.11 bits per heavy atom. The fraction of sp³-hybridized carbons (Fsp3) is 0.625. The van der Waals surface area contributed by atoms with E-state index >= 15 is 0 Å². The van der Waals surface area contributed by atoms with E-state index in [4.69, 9.17) is 9.47 Å². The quantitative estimate of drug-likeness (QED) is 0.515. The van der Waals surface area contributed by atoms with Crippen LogP contribution in [0.2, 0.25) is 0 Å². The molecule has 3 aliphatic rings. The van der Waals surface area contributed by atoms with E-state index < -0.39 is 47.5 Å². The van der Waals surface area contributed by atoms with E-state index in [2.05, 4.69) is 15.6 Å². The number of likely N-dealkylation sites (tertiary alicyclic amines) is 1. The van der Waals surface area contributed by atoms with Gasteiger partial charge < -0.3 is 24.8 Å². The molecule has 4 heterocycles. The highest BCUT2D eigenvalue weighted by atomic mass is 16.6. The molecule has 1 spiro atoms. The van der Waals surface area contributed by atoms with Gasteiger partial charge in [-0.15, -0.1) is 5.10 Å². The summed E-state index contributed by atoms with van der Waals surface area (Å²) in [4.78, 5) is 41.9. The smallest absolute Gasteiger partial charge is 0.312 e. The molecule has 3 aliphatic heterocycles. The van der Waals surface area contributed by atoms with Gasteiger partial charge in [0, 0.05) is 0 Å². The predicted molar refractivity (Wildman–Crippen MR) is 122 cm³/mol. The number of benzene rings is 1. The fourth-order valence-corrected chi connectivity index (χ4v) is 6.16. The van der Waals surface area contributed by atoms with Gasteiger partial charge in [0.15, 0.2) is 0 Å². The number of nitrogens with one attached hydrogen (secondary N) is 1. The van der Waals surface area contributed by atoms with Gasteiger partial charge >= 0.3 is 5.97 Å². The first-order valence-corrected chi connectivity index (χ1v) is 12.2. The number of amides is 2. The van der Waals surface area contributed by atoms with Gasteiger partial charge in [0.1, 0.15) is 23.8 Å². The van der Waals surface area contributed by atoms with Crippen LogP contribution in [0.3, 0.4) is 0 Å². The Balaban J connectivity index is 1.48. The summed E-state index contributed by atoms with van der Waals surface area (Å²) in [5.41, 5.74) is 0.322. The van der Waals surface area contributed by atoms with Crippen LogP contribution in [0.5, 0.6) is 0 Å². The second kappa shape index (κ2) is 8.87. The van der Waals surface area contributed by atoms with Gasteiger partial charge in [0.05, 0.1) is 42.7 Å². The first kappa shape index (κ1) is 23.7. The van der Waals surface area contributed by atoms with E-state index in [9.17, 15) is 19.5 Å². The Bertz CT molecular complexity index is 1150. The van der Waals surface area contributed by atoms with Crippen LogP contribution >= 0.6 is 0 Å². The van der Waals surface area contributed by atoms with E-state index in [0.717, 1.165) is 5.52 Å². The highest BCUT2D eigenvalue weighted by Crippen LogP contribution is 2.59. The lowest BCUT2D eigenvalue weighted by Crippen LogP contribution is -2.59. The Kier molecular flexibility index (Phi) is 6.00. The summed E-state index contributed by atoms with van der Waals surface area (Å²) in [7, 11) is 0. The number of rotatable bonds is 8. The zero-order chi connectivity index (χ0) is 24.9. The van der Waals surface area contributed by atoms with Crippen molar-refractivity contribution in [1.29, 1.82) is 0 Å². The molecular weight excluding hydrogens is 454 g/mol. The van der Waals surface area contributed by atoms with Crippen LogP contribution in [-0.2, 0) is 30.5 Å². The molecule has 1 aromatic carbocycles. The number of aliphatic hydroxyl groups is 1. The lowest BCUT2D eigenvalue weighted by molar-refractivity contribution is -0.155. The maximum absolute atomic E-state index is 13.8. The van der Waals surface area contributed by atoms with Crippen LogP contribution in [0.1, 0.15) is 33.6 Å². The zero-order valence-electron chi connectivity index (χ0n) is 20.1. The number of aliphatic hydroxyl groups excluding tert-OH is 1. The number of hydrogen-bond acceptors (Lipinski definition) is 8. The highest BCUT2D eigenvalue weighted by Gasteiger charge is 2.75. The Hall–Kier alpha value is -3.05. The number of fused-ring (bicyclic) bond motifs is 2. The molecule has 0 radical (unpaired) electrons. The molecule has 0 aliphatic carbocycles. The van der Waals surface area contributed by atoms with Crippen LogP contribution in [0, 0.1) is 17.8 Å². The molecule has 2 amide bonds. The number of hydrogen-bond donors (Lipinski definition) is 2. The SMILES string of the molecule is CCOC(=O)[C@@H]1[C@H]2C(=O)N([C@@H](CO)C(C)C)C(C(=O)NCn3nnc4ccccc43)C23CC[C@H]1O3. The molecule has 11 heteroatoms. The topological polar surface area (TPSA) is 136 Å². The molecule has 5 rings (SSSR count). The second-order valence-electron chi connectivity index (χ2n) is 9.82. The minimum Gasteiger partial charge on any atom is -0.466 e. The summed E-state index contributed by atoms with van der Waals surface area (Å²) in [5.74, 6) is -2.93. The first-order valence-electron chi connectivity index (χ1n) is 12.2. The standard InChI is InChI=1S/C24H31N5O6/c1-4-34-23(33)18-17-9-10-24(35-17)19(18)22(32)29(16(11-30)13(2)3)20(24)21(31)25-12-28-15-8-6-5-7-14(15)26-27-28/h5-8,13,16-20,30H,4,9-12H2,1-3H3,(H,25,31)/t16-,17+,18-,19-,20?,24?/m0/s1. The molecule has 3 fully saturated rings. The molecule has 2 N–H and O–H groups in total. The maximum atomic E-state index is 13.8. The van der Waals surface area contributed by atoms with Crippen molar-refractivity contribution in [2.75, 3.05) is 13.2 Å². The number of aromatic nitrogens is 3. The third-order valence-electron chi connectivity index (χ3n) is 7.68. The van der Waals surface area contributed by atoms with E-state index in [-0.39, 0.29) is 31.7 Å². The average Bonchev–Trinajstić information content (AvgIpc) is 3.58. The van der Waals surface area contributed by atoms with Crippen LogP contribution in [0.25, 0.3) is 11.0 Å². The van der Waals surface area contributed by atoms with Crippen molar-refractivity contribution in [3.63, 3.8) is 0 Å². The number of carbonyl (C=O) groups is 3. The Labute approximate surface area is 202 Å². The van der Waals surface area contributed by atoms with Crippen LogP contribution < -0.4 is 5.32 Å². The molecular formula is C24H31N5O6. The minimum atomic E-state index is -1.14. The molecule has 11 nitrogen and oxygen atoms in total. The molecule has 35 heavy (non-hydrogen) atoms. The average molecular weight is 486 g/mol. The van der Waals surface area contributed by atoms with Crippen molar-refractivity contribution in [2.45, 2.75) is 64.1 Å². The minimum absolute atomic E-state index is 0.0504. The summed E-state index contributed by atoms with van der Waals surface area (Å²) in [6.07, 6.45) is 0.567. The van der Waals surface area contributed by atoms with Gasteiger partial charge in [-0.25, -0.2) is 4.68 Å². The Morgan fingerprint density at radius 3 is 2.83 bits per heavy atom.